The maximum absolute atomic E-state index is 13.4. The molecule has 2 atom stereocenters. The van der Waals surface area contributed by atoms with Crippen LogP contribution in [0.2, 0.25) is 5.02 Å². The fraction of sp³-hybridized carbons (Fsp3) is 0.450. The van der Waals surface area contributed by atoms with E-state index < -0.39 is 5.82 Å². The average molecular weight is 420 g/mol. The van der Waals surface area contributed by atoms with Crippen molar-refractivity contribution in [1.29, 1.82) is 0 Å². The molecule has 154 valence electrons. The Morgan fingerprint density at radius 1 is 1.34 bits per heavy atom. The summed E-state index contributed by atoms with van der Waals surface area (Å²) in [5.41, 5.74) is 2.04. The van der Waals surface area contributed by atoms with Crippen molar-refractivity contribution in [3.05, 3.63) is 40.9 Å². The Morgan fingerprint density at radius 3 is 2.86 bits per heavy atom. The molecule has 3 heterocycles. The second-order valence-corrected chi connectivity index (χ2v) is 8.25. The second kappa shape index (κ2) is 7.67. The van der Waals surface area contributed by atoms with Crippen LogP contribution >= 0.6 is 11.6 Å². The van der Waals surface area contributed by atoms with Crippen LogP contribution in [0.25, 0.3) is 0 Å². The quantitative estimate of drug-likeness (QED) is 0.803. The minimum Gasteiger partial charge on any atom is -0.314 e. The van der Waals surface area contributed by atoms with E-state index in [0.29, 0.717) is 37.7 Å². The summed E-state index contributed by atoms with van der Waals surface area (Å²) in [5.74, 6) is -0.0600. The van der Waals surface area contributed by atoms with Crippen LogP contribution in [-0.2, 0) is 17.9 Å². The third kappa shape index (κ3) is 3.81. The predicted molar refractivity (Wildman–Crippen MR) is 108 cm³/mol. The molecule has 0 radical (unpaired) electrons. The Morgan fingerprint density at radius 2 is 2.14 bits per heavy atom. The van der Waals surface area contributed by atoms with E-state index in [1.54, 1.807) is 16.0 Å². The standard InChI is InChI=1S/C20H23ClFN5O2/c1-12-5-6-25(19(28)7-12)17-9-23-27-10-13(2)26(11-18(17)27)20(29)24-14-3-4-16(22)15(21)8-14/h3-4,8-9,12-13H,5-7,10-11H2,1-2H3,(H,24,29)/t12?,13-/m0/s1. The minimum atomic E-state index is -0.537. The molecule has 9 heteroatoms. The maximum atomic E-state index is 13.4. The van der Waals surface area contributed by atoms with Gasteiger partial charge in [-0.3, -0.25) is 9.48 Å². The van der Waals surface area contributed by atoms with Crippen molar-refractivity contribution in [3.63, 3.8) is 0 Å². The Hall–Kier alpha value is -2.61. The molecule has 1 saturated heterocycles. The number of hydrogen-bond acceptors (Lipinski definition) is 3. The van der Waals surface area contributed by atoms with Gasteiger partial charge in [0.1, 0.15) is 5.82 Å². The fourth-order valence-electron chi connectivity index (χ4n) is 3.89. The molecule has 1 N–H and O–H groups in total. The zero-order valence-corrected chi connectivity index (χ0v) is 17.1. The lowest BCUT2D eigenvalue weighted by atomic mass is 9.98. The number of nitrogens with zero attached hydrogens (tertiary/aromatic N) is 4. The average Bonchev–Trinajstić information content (AvgIpc) is 3.06. The molecule has 7 nitrogen and oxygen atoms in total. The summed E-state index contributed by atoms with van der Waals surface area (Å²) in [7, 11) is 0. The number of benzene rings is 1. The number of aromatic nitrogens is 2. The third-order valence-corrected chi connectivity index (χ3v) is 5.90. The molecule has 0 bridgehead atoms. The van der Waals surface area contributed by atoms with Gasteiger partial charge in [0.25, 0.3) is 0 Å². The molecular weight excluding hydrogens is 397 g/mol. The van der Waals surface area contributed by atoms with Crippen LogP contribution in [0.4, 0.5) is 20.6 Å². The van der Waals surface area contributed by atoms with Crippen molar-refractivity contribution in [2.75, 3.05) is 16.8 Å². The van der Waals surface area contributed by atoms with Gasteiger partial charge in [0, 0.05) is 18.7 Å². The van der Waals surface area contributed by atoms with Gasteiger partial charge in [0.2, 0.25) is 5.91 Å². The van der Waals surface area contributed by atoms with Gasteiger partial charge in [-0.05, 0) is 37.5 Å². The molecule has 1 aromatic carbocycles. The number of urea groups is 1. The van der Waals surface area contributed by atoms with E-state index in [0.717, 1.165) is 17.8 Å². The molecule has 2 aromatic rings. The number of amides is 3. The first kappa shape index (κ1) is 19.7. The van der Waals surface area contributed by atoms with Gasteiger partial charge >= 0.3 is 6.03 Å². The summed E-state index contributed by atoms with van der Waals surface area (Å²) in [5, 5.41) is 7.16. The highest BCUT2D eigenvalue weighted by molar-refractivity contribution is 6.31. The molecule has 2 aliphatic rings. The molecule has 1 unspecified atom stereocenters. The fourth-order valence-corrected chi connectivity index (χ4v) is 4.07. The minimum absolute atomic E-state index is 0.0484. The molecule has 1 fully saturated rings. The Bertz CT molecular complexity index is 962. The lowest BCUT2D eigenvalue weighted by molar-refractivity contribution is -0.120. The van der Waals surface area contributed by atoms with E-state index in [9.17, 15) is 14.0 Å². The van der Waals surface area contributed by atoms with E-state index in [1.165, 1.54) is 18.2 Å². The number of nitrogens with one attached hydrogen (secondary N) is 1. The van der Waals surface area contributed by atoms with E-state index >= 15 is 0 Å². The van der Waals surface area contributed by atoms with E-state index in [4.69, 9.17) is 11.6 Å². The summed E-state index contributed by atoms with van der Waals surface area (Å²) in [6, 6.07) is 3.66. The van der Waals surface area contributed by atoms with Crippen molar-refractivity contribution in [2.24, 2.45) is 5.92 Å². The van der Waals surface area contributed by atoms with Crippen molar-refractivity contribution >= 4 is 34.9 Å². The molecular formula is C20H23ClFN5O2. The van der Waals surface area contributed by atoms with Crippen LogP contribution in [-0.4, -0.2) is 39.2 Å². The van der Waals surface area contributed by atoms with Gasteiger partial charge in [0.05, 0.1) is 41.7 Å². The first-order valence-electron chi connectivity index (χ1n) is 9.71. The number of fused-ring (bicyclic) bond motifs is 1. The van der Waals surface area contributed by atoms with Crippen LogP contribution in [0.5, 0.6) is 0 Å². The number of rotatable bonds is 2. The Kier molecular flexibility index (Phi) is 5.21. The van der Waals surface area contributed by atoms with Crippen LogP contribution in [0.1, 0.15) is 32.4 Å². The van der Waals surface area contributed by atoms with Crippen molar-refractivity contribution in [1.82, 2.24) is 14.7 Å². The van der Waals surface area contributed by atoms with Gasteiger partial charge in [0.15, 0.2) is 0 Å². The van der Waals surface area contributed by atoms with E-state index in [2.05, 4.69) is 17.3 Å². The lowest BCUT2D eigenvalue weighted by Crippen LogP contribution is -2.47. The summed E-state index contributed by atoms with van der Waals surface area (Å²) in [4.78, 5) is 28.9. The number of anilines is 2. The lowest BCUT2D eigenvalue weighted by Gasteiger charge is -2.36. The first-order valence-corrected chi connectivity index (χ1v) is 10.1. The van der Waals surface area contributed by atoms with Crippen molar-refractivity contribution < 1.29 is 14.0 Å². The van der Waals surface area contributed by atoms with Gasteiger partial charge in [-0.1, -0.05) is 18.5 Å². The number of carbonyl (C=O) groups is 2. The second-order valence-electron chi connectivity index (χ2n) is 7.84. The van der Waals surface area contributed by atoms with E-state index in [-0.39, 0.29) is 23.0 Å². The topological polar surface area (TPSA) is 70.5 Å². The summed E-state index contributed by atoms with van der Waals surface area (Å²) in [6.07, 6.45) is 3.19. The molecule has 29 heavy (non-hydrogen) atoms. The number of halogens is 2. The smallest absolute Gasteiger partial charge is 0.314 e. The molecule has 4 rings (SSSR count). The first-order chi connectivity index (χ1) is 13.8. The predicted octanol–water partition coefficient (Wildman–Crippen LogP) is 3.87. The van der Waals surface area contributed by atoms with Gasteiger partial charge in [-0.15, -0.1) is 0 Å². The molecule has 2 aliphatic heterocycles. The normalized spacial score (nSPS) is 21.9. The zero-order valence-electron chi connectivity index (χ0n) is 16.4. The summed E-state index contributed by atoms with van der Waals surface area (Å²) in [6.45, 7) is 5.55. The van der Waals surface area contributed by atoms with Crippen LogP contribution in [0.15, 0.2) is 24.4 Å². The Balaban J connectivity index is 1.54. The van der Waals surface area contributed by atoms with Crippen molar-refractivity contribution in [2.45, 2.75) is 45.8 Å². The third-order valence-electron chi connectivity index (χ3n) is 5.61. The largest absolute Gasteiger partial charge is 0.322 e. The van der Waals surface area contributed by atoms with Gasteiger partial charge in [-0.25, -0.2) is 9.18 Å². The molecule has 1 aromatic heterocycles. The van der Waals surface area contributed by atoms with Crippen LogP contribution < -0.4 is 10.2 Å². The molecule has 0 spiro atoms. The zero-order chi connectivity index (χ0) is 20.7. The van der Waals surface area contributed by atoms with E-state index in [1.807, 2.05) is 11.6 Å². The number of piperidine rings is 1. The molecule has 0 aliphatic carbocycles. The maximum Gasteiger partial charge on any atom is 0.322 e. The number of carbonyl (C=O) groups excluding carboxylic acids is 2. The monoisotopic (exact) mass is 419 g/mol. The molecule has 3 amide bonds. The highest BCUT2D eigenvalue weighted by atomic mass is 35.5. The van der Waals surface area contributed by atoms with Gasteiger partial charge in [-0.2, -0.15) is 5.10 Å². The molecule has 0 saturated carbocycles. The Labute approximate surface area is 173 Å². The number of hydrogen-bond donors (Lipinski definition) is 1. The summed E-state index contributed by atoms with van der Waals surface area (Å²) >= 11 is 5.81. The summed E-state index contributed by atoms with van der Waals surface area (Å²) < 4.78 is 15.2. The highest BCUT2D eigenvalue weighted by Gasteiger charge is 2.33. The van der Waals surface area contributed by atoms with Gasteiger partial charge < -0.3 is 15.1 Å². The SMILES string of the molecule is CC1CCN(c2cnn3c2CN(C(=O)Nc2ccc(F)c(Cl)c2)[C@@H](C)C3)C(=O)C1. The van der Waals surface area contributed by atoms with Crippen LogP contribution in [0, 0.1) is 11.7 Å². The highest BCUT2D eigenvalue weighted by Crippen LogP contribution is 2.31. The van der Waals surface area contributed by atoms with Crippen LogP contribution in [0.3, 0.4) is 0 Å². The van der Waals surface area contributed by atoms with Crippen molar-refractivity contribution in [3.8, 4) is 0 Å².